The van der Waals surface area contributed by atoms with E-state index in [1.54, 1.807) is 0 Å². The van der Waals surface area contributed by atoms with Crippen molar-refractivity contribution < 1.29 is 9.90 Å². The Labute approximate surface area is 129 Å². The highest BCUT2D eigenvalue weighted by molar-refractivity contribution is 5.81. The average molecular weight is 296 g/mol. The maximum atomic E-state index is 11.5. The number of aromatic nitrogens is 1. The van der Waals surface area contributed by atoms with Crippen LogP contribution in [0.5, 0.6) is 0 Å². The van der Waals surface area contributed by atoms with E-state index in [1.165, 1.54) is 5.39 Å². The second-order valence-corrected chi connectivity index (χ2v) is 6.92. The van der Waals surface area contributed by atoms with Crippen LogP contribution in [0.1, 0.15) is 37.8 Å². The summed E-state index contributed by atoms with van der Waals surface area (Å²) in [4.78, 5) is 16.0. The van der Waals surface area contributed by atoms with Gasteiger partial charge in [-0.2, -0.15) is 0 Å². The molecule has 0 spiro atoms. The van der Waals surface area contributed by atoms with Crippen molar-refractivity contribution in [3.63, 3.8) is 0 Å². The van der Waals surface area contributed by atoms with Crippen LogP contribution < -0.4 is 5.32 Å². The van der Waals surface area contributed by atoms with Gasteiger partial charge in [-0.3, -0.25) is 9.78 Å². The van der Waals surface area contributed by atoms with E-state index in [2.05, 4.69) is 28.5 Å². The monoisotopic (exact) mass is 296 g/mol. The second kappa shape index (κ2) is 4.78. The van der Waals surface area contributed by atoms with Crippen molar-refractivity contribution >= 4 is 16.7 Å². The number of nitrogens with one attached hydrogen (secondary N) is 1. The molecular formula is C18H20N2O2. The second-order valence-electron chi connectivity index (χ2n) is 6.92. The lowest BCUT2D eigenvalue weighted by molar-refractivity contribution is -0.148. The lowest BCUT2D eigenvalue weighted by Gasteiger charge is -2.28. The van der Waals surface area contributed by atoms with Gasteiger partial charge >= 0.3 is 5.97 Å². The Kier molecular flexibility index (Phi) is 2.98. The molecular weight excluding hydrogens is 276 g/mol. The summed E-state index contributed by atoms with van der Waals surface area (Å²) in [5, 5.41) is 15.4. The molecule has 2 aliphatic carbocycles. The number of hydrogen-bond acceptors (Lipinski definition) is 3. The number of carbonyl (C=O) groups is 1. The van der Waals surface area contributed by atoms with Crippen molar-refractivity contribution in [3.05, 3.63) is 42.2 Å². The standard InChI is InChI=1S/C18H20N2O2/c21-16(22)17-5-7-18(12-17,8-6-17)20-11-15-9-13-3-1-2-4-14(13)10-19-15/h1-4,9-10,20H,5-8,11-12H2,(H,21,22). The van der Waals surface area contributed by atoms with Gasteiger partial charge in [-0.1, -0.05) is 24.3 Å². The van der Waals surface area contributed by atoms with E-state index in [0.717, 1.165) is 43.2 Å². The molecule has 2 N–H and O–H groups in total. The van der Waals surface area contributed by atoms with Crippen molar-refractivity contribution in [2.75, 3.05) is 0 Å². The number of rotatable bonds is 4. The van der Waals surface area contributed by atoms with Crippen LogP contribution in [0.25, 0.3) is 10.8 Å². The molecule has 4 nitrogen and oxygen atoms in total. The van der Waals surface area contributed by atoms with Crippen LogP contribution in [0.15, 0.2) is 36.5 Å². The summed E-state index contributed by atoms with van der Waals surface area (Å²) in [6.45, 7) is 0.709. The van der Waals surface area contributed by atoms with Crippen LogP contribution in [-0.4, -0.2) is 21.6 Å². The predicted molar refractivity (Wildman–Crippen MR) is 84.5 cm³/mol. The van der Waals surface area contributed by atoms with Crippen LogP contribution in [-0.2, 0) is 11.3 Å². The Morgan fingerprint density at radius 2 is 1.91 bits per heavy atom. The molecule has 0 unspecified atom stereocenters. The largest absolute Gasteiger partial charge is 0.481 e. The Morgan fingerprint density at radius 1 is 1.18 bits per heavy atom. The highest BCUT2D eigenvalue weighted by Crippen LogP contribution is 2.56. The van der Waals surface area contributed by atoms with Crippen molar-refractivity contribution in [1.29, 1.82) is 0 Å². The van der Waals surface area contributed by atoms with Gasteiger partial charge in [0, 0.05) is 23.7 Å². The zero-order valence-electron chi connectivity index (χ0n) is 12.5. The number of carboxylic acid groups (broad SMARTS) is 1. The minimum Gasteiger partial charge on any atom is -0.481 e. The summed E-state index contributed by atoms with van der Waals surface area (Å²) in [6, 6.07) is 10.3. The van der Waals surface area contributed by atoms with E-state index in [4.69, 9.17) is 0 Å². The number of benzene rings is 1. The van der Waals surface area contributed by atoms with Gasteiger partial charge in [-0.25, -0.2) is 0 Å². The number of aliphatic carboxylic acids is 1. The van der Waals surface area contributed by atoms with Gasteiger partial charge in [-0.15, -0.1) is 0 Å². The SMILES string of the molecule is O=C(O)C12CCC(NCc3cc4ccccc4cn3)(CC1)C2. The molecule has 1 aromatic carbocycles. The highest BCUT2D eigenvalue weighted by Gasteiger charge is 2.58. The van der Waals surface area contributed by atoms with E-state index >= 15 is 0 Å². The van der Waals surface area contributed by atoms with E-state index < -0.39 is 11.4 Å². The molecule has 2 aromatic rings. The third kappa shape index (κ3) is 2.10. The molecule has 114 valence electrons. The first-order valence-corrected chi connectivity index (χ1v) is 7.93. The van der Waals surface area contributed by atoms with Gasteiger partial charge in [0.1, 0.15) is 0 Å². The fraction of sp³-hybridized carbons (Fsp3) is 0.444. The van der Waals surface area contributed by atoms with Crippen LogP contribution >= 0.6 is 0 Å². The van der Waals surface area contributed by atoms with Crippen molar-refractivity contribution in [1.82, 2.24) is 10.3 Å². The molecule has 0 aliphatic heterocycles. The van der Waals surface area contributed by atoms with Crippen molar-refractivity contribution in [3.8, 4) is 0 Å². The van der Waals surface area contributed by atoms with E-state index in [9.17, 15) is 9.90 Å². The summed E-state index contributed by atoms with van der Waals surface area (Å²) < 4.78 is 0. The minimum atomic E-state index is -0.613. The molecule has 4 rings (SSSR count). The molecule has 1 heterocycles. The molecule has 22 heavy (non-hydrogen) atoms. The minimum absolute atomic E-state index is 0.00567. The topological polar surface area (TPSA) is 62.2 Å². The molecule has 2 aliphatic rings. The van der Waals surface area contributed by atoms with Crippen LogP contribution in [0.2, 0.25) is 0 Å². The molecule has 0 amide bonds. The van der Waals surface area contributed by atoms with Crippen molar-refractivity contribution in [2.24, 2.45) is 5.41 Å². The third-order valence-electron chi connectivity index (χ3n) is 5.63. The normalized spacial score (nSPS) is 30.0. The first kappa shape index (κ1) is 13.7. The molecule has 2 saturated carbocycles. The van der Waals surface area contributed by atoms with E-state index in [1.807, 2.05) is 18.3 Å². The van der Waals surface area contributed by atoms with Crippen LogP contribution in [0, 0.1) is 5.41 Å². The fourth-order valence-electron chi connectivity index (χ4n) is 4.24. The summed E-state index contributed by atoms with van der Waals surface area (Å²) in [6.07, 6.45) is 6.22. The first-order chi connectivity index (χ1) is 10.6. The number of hydrogen-bond donors (Lipinski definition) is 2. The van der Waals surface area contributed by atoms with Gasteiger partial charge in [0.15, 0.2) is 0 Å². The lowest BCUT2D eigenvalue weighted by Crippen LogP contribution is -2.40. The van der Waals surface area contributed by atoms with Gasteiger partial charge in [0.05, 0.1) is 11.1 Å². The predicted octanol–water partition coefficient (Wildman–Crippen LogP) is 3.11. The Bertz CT molecular complexity index is 733. The van der Waals surface area contributed by atoms with Gasteiger partial charge in [0.2, 0.25) is 0 Å². The molecule has 4 heteroatoms. The molecule has 1 aromatic heterocycles. The van der Waals surface area contributed by atoms with Gasteiger partial charge in [0.25, 0.3) is 0 Å². The maximum absolute atomic E-state index is 11.5. The Morgan fingerprint density at radius 3 is 2.59 bits per heavy atom. The highest BCUT2D eigenvalue weighted by atomic mass is 16.4. The Hall–Kier alpha value is -1.94. The molecule has 0 radical (unpaired) electrons. The molecule has 0 saturated heterocycles. The number of nitrogens with zero attached hydrogens (tertiary/aromatic N) is 1. The zero-order valence-corrected chi connectivity index (χ0v) is 12.5. The maximum Gasteiger partial charge on any atom is 0.309 e. The van der Waals surface area contributed by atoms with Gasteiger partial charge < -0.3 is 10.4 Å². The Balaban J connectivity index is 1.49. The van der Waals surface area contributed by atoms with E-state index in [-0.39, 0.29) is 5.54 Å². The van der Waals surface area contributed by atoms with Crippen LogP contribution in [0.3, 0.4) is 0 Å². The van der Waals surface area contributed by atoms with Gasteiger partial charge in [-0.05, 0) is 43.6 Å². The quantitative estimate of drug-likeness (QED) is 0.910. The zero-order chi connectivity index (χ0) is 15.2. The smallest absolute Gasteiger partial charge is 0.309 e. The summed E-state index contributed by atoms with van der Waals surface area (Å²) in [7, 11) is 0. The van der Waals surface area contributed by atoms with E-state index in [0.29, 0.717) is 6.54 Å². The molecule has 2 fully saturated rings. The molecule has 2 bridgehead atoms. The number of fused-ring (bicyclic) bond motifs is 3. The first-order valence-electron chi connectivity index (χ1n) is 7.93. The third-order valence-corrected chi connectivity index (χ3v) is 5.63. The number of carboxylic acids is 1. The molecule has 0 atom stereocenters. The summed E-state index contributed by atoms with van der Waals surface area (Å²) in [5.41, 5.74) is 0.558. The fourth-order valence-corrected chi connectivity index (χ4v) is 4.24. The van der Waals surface area contributed by atoms with Crippen LogP contribution in [0.4, 0.5) is 0 Å². The summed E-state index contributed by atoms with van der Waals surface area (Å²) in [5.74, 6) is -0.613. The number of pyridine rings is 1. The lowest BCUT2D eigenvalue weighted by atomic mass is 9.84. The summed E-state index contributed by atoms with van der Waals surface area (Å²) >= 11 is 0. The van der Waals surface area contributed by atoms with Crippen molar-refractivity contribution in [2.45, 2.75) is 44.2 Å². The average Bonchev–Trinajstić information content (AvgIpc) is 3.11.